The molecule has 1 aliphatic rings. The van der Waals surface area contributed by atoms with Crippen molar-refractivity contribution < 1.29 is 34.2 Å². The van der Waals surface area contributed by atoms with Crippen molar-refractivity contribution in [1.29, 1.82) is 0 Å². The van der Waals surface area contributed by atoms with Gasteiger partial charge in [-0.2, -0.15) is 12.6 Å². The number of hydrogen-bond donors (Lipinski definition) is 7. The maximum atomic E-state index is 13.0. The fourth-order valence-electron chi connectivity index (χ4n) is 3.35. The summed E-state index contributed by atoms with van der Waals surface area (Å²) in [5.74, 6) is -5.05. The largest absolute Gasteiger partial charge is 0.481 e. The van der Waals surface area contributed by atoms with Gasteiger partial charge in [0.25, 0.3) is 0 Å². The minimum Gasteiger partial charge on any atom is -0.481 e. The molecule has 180 valence electrons. The number of rotatable bonds is 12. The molecule has 11 nitrogen and oxygen atoms in total. The monoisotopic (exact) mass is 480 g/mol. The fourth-order valence-corrected chi connectivity index (χ4v) is 3.60. The summed E-state index contributed by atoms with van der Waals surface area (Å²) in [7, 11) is 0. The molecule has 33 heavy (non-hydrogen) atoms. The second-order valence-corrected chi connectivity index (χ2v) is 8.01. The SMILES string of the molecule is O=C(O)CC(NC(=O)C(Cc1ccccc1)NC(=O)C1CCCN1)C(=O)NC(CS)C(=O)O. The van der Waals surface area contributed by atoms with Gasteiger partial charge in [-0.3, -0.25) is 19.2 Å². The number of carbonyl (C=O) groups is 5. The molecule has 0 aliphatic carbocycles. The van der Waals surface area contributed by atoms with Crippen LogP contribution in [0.1, 0.15) is 24.8 Å². The molecule has 1 fully saturated rings. The molecule has 3 amide bonds. The van der Waals surface area contributed by atoms with Crippen molar-refractivity contribution in [2.45, 2.75) is 49.9 Å². The molecule has 0 aromatic heterocycles. The van der Waals surface area contributed by atoms with Crippen LogP contribution in [0.5, 0.6) is 0 Å². The first kappa shape index (κ1) is 26.1. The van der Waals surface area contributed by atoms with Crippen LogP contribution in [-0.4, -0.2) is 76.3 Å². The zero-order valence-corrected chi connectivity index (χ0v) is 18.7. The average Bonchev–Trinajstić information content (AvgIpc) is 3.31. The van der Waals surface area contributed by atoms with Gasteiger partial charge >= 0.3 is 11.9 Å². The lowest BCUT2D eigenvalue weighted by Crippen LogP contribution is -2.58. The molecule has 12 heteroatoms. The van der Waals surface area contributed by atoms with Gasteiger partial charge in [-0.05, 0) is 24.9 Å². The predicted octanol–water partition coefficient (Wildman–Crippen LogP) is -1.08. The minimum atomic E-state index is -1.54. The summed E-state index contributed by atoms with van der Waals surface area (Å²) in [6.45, 7) is 0.685. The van der Waals surface area contributed by atoms with Crippen LogP contribution in [0.3, 0.4) is 0 Å². The van der Waals surface area contributed by atoms with Gasteiger partial charge in [-0.1, -0.05) is 30.3 Å². The van der Waals surface area contributed by atoms with E-state index < -0.39 is 54.3 Å². The molecule has 0 bridgehead atoms. The summed E-state index contributed by atoms with van der Waals surface area (Å²) in [4.78, 5) is 60.6. The molecule has 4 unspecified atom stereocenters. The Morgan fingerprint density at radius 3 is 2.15 bits per heavy atom. The highest BCUT2D eigenvalue weighted by Gasteiger charge is 2.32. The summed E-state index contributed by atoms with van der Waals surface area (Å²) in [6.07, 6.45) is 0.786. The van der Waals surface area contributed by atoms with Crippen molar-refractivity contribution in [3.63, 3.8) is 0 Å². The van der Waals surface area contributed by atoms with Crippen LogP contribution >= 0.6 is 12.6 Å². The van der Waals surface area contributed by atoms with Gasteiger partial charge in [-0.15, -0.1) is 0 Å². The first-order chi connectivity index (χ1) is 15.7. The Morgan fingerprint density at radius 2 is 1.61 bits per heavy atom. The molecule has 1 heterocycles. The van der Waals surface area contributed by atoms with Crippen LogP contribution in [0.4, 0.5) is 0 Å². The second-order valence-electron chi connectivity index (χ2n) is 7.64. The third-order valence-corrected chi connectivity index (χ3v) is 5.47. The molecule has 0 radical (unpaired) electrons. The zero-order chi connectivity index (χ0) is 24.4. The summed E-state index contributed by atoms with van der Waals surface area (Å²) >= 11 is 3.85. The van der Waals surface area contributed by atoms with Crippen molar-refractivity contribution in [1.82, 2.24) is 21.3 Å². The first-order valence-corrected chi connectivity index (χ1v) is 11.1. The topological polar surface area (TPSA) is 174 Å². The third-order valence-electron chi connectivity index (χ3n) is 5.10. The van der Waals surface area contributed by atoms with E-state index in [1.54, 1.807) is 30.3 Å². The van der Waals surface area contributed by atoms with Crippen LogP contribution in [0, 0.1) is 0 Å². The standard InChI is InChI=1S/C21H28N4O7S/c26-17(27)10-15(20(30)25-16(11-33)21(31)32)24-19(29)14(9-12-5-2-1-3-6-12)23-18(28)13-7-4-8-22-13/h1-3,5-6,13-16,22,33H,4,7-11H2,(H,23,28)(H,24,29)(H,25,30)(H,26,27)(H,31,32). The number of benzene rings is 1. The van der Waals surface area contributed by atoms with Crippen molar-refractivity contribution in [2.75, 3.05) is 12.3 Å². The Hall–Kier alpha value is -3.12. The van der Waals surface area contributed by atoms with Gasteiger partial charge < -0.3 is 31.5 Å². The minimum absolute atomic E-state index is 0.112. The van der Waals surface area contributed by atoms with Gasteiger partial charge in [0.05, 0.1) is 12.5 Å². The smallest absolute Gasteiger partial charge is 0.327 e. The molecule has 0 spiro atoms. The normalized spacial score (nSPS) is 17.9. The number of carbonyl (C=O) groups excluding carboxylic acids is 3. The molecule has 1 aliphatic heterocycles. The number of hydrogen-bond acceptors (Lipinski definition) is 7. The van der Waals surface area contributed by atoms with Crippen LogP contribution < -0.4 is 21.3 Å². The number of thiol groups is 1. The third kappa shape index (κ3) is 8.39. The molecular formula is C21H28N4O7S. The molecule has 0 saturated carbocycles. The molecule has 1 aromatic carbocycles. The van der Waals surface area contributed by atoms with E-state index in [0.717, 1.165) is 12.0 Å². The van der Waals surface area contributed by atoms with Crippen LogP contribution in [0.25, 0.3) is 0 Å². The van der Waals surface area contributed by atoms with Gasteiger partial charge in [0.2, 0.25) is 17.7 Å². The Balaban J connectivity index is 2.17. The van der Waals surface area contributed by atoms with E-state index in [1.807, 2.05) is 0 Å². The molecule has 6 N–H and O–H groups in total. The van der Waals surface area contributed by atoms with E-state index in [1.165, 1.54) is 0 Å². The second kappa shape index (κ2) is 12.8. The first-order valence-electron chi connectivity index (χ1n) is 10.4. The summed E-state index contributed by atoms with van der Waals surface area (Å²) in [5.41, 5.74) is 0.748. The van der Waals surface area contributed by atoms with Crippen molar-refractivity contribution >= 4 is 42.3 Å². The predicted molar refractivity (Wildman–Crippen MR) is 121 cm³/mol. The van der Waals surface area contributed by atoms with E-state index in [2.05, 4.69) is 33.9 Å². The van der Waals surface area contributed by atoms with E-state index in [9.17, 15) is 24.0 Å². The van der Waals surface area contributed by atoms with Gasteiger partial charge in [0.15, 0.2) is 0 Å². The number of carboxylic acids is 2. The maximum Gasteiger partial charge on any atom is 0.327 e. The Kier molecular flexibility index (Phi) is 10.1. The van der Waals surface area contributed by atoms with Crippen LogP contribution in [-0.2, 0) is 30.4 Å². The molecule has 1 aromatic rings. The van der Waals surface area contributed by atoms with Crippen LogP contribution in [0.2, 0.25) is 0 Å². The highest BCUT2D eigenvalue weighted by Crippen LogP contribution is 2.08. The lowest BCUT2D eigenvalue weighted by atomic mass is 10.0. The van der Waals surface area contributed by atoms with E-state index in [4.69, 9.17) is 10.2 Å². The number of nitrogens with one attached hydrogen (secondary N) is 4. The van der Waals surface area contributed by atoms with E-state index >= 15 is 0 Å². The maximum absolute atomic E-state index is 13.0. The Bertz CT molecular complexity index is 861. The van der Waals surface area contributed by atoms with Crippen molar-refractivity contribution in [3.8, 4) is 0 Å². The Morgan fingerprint density at radius 1 is 0.970 bits per heavy atom. The van der Waals surface area contributed by atoms with Crippen LogP contribution in [0.15, 0.2) is 30.3 Å². The molecule has 4 atom stereocenters. The van der Waals surface area contributed by atoms with Gasteiger partial charge in [0, 0.05) is 12.2 Å². The highest BCUT2D eigenvalue weighted by molar-refractivity contribution is 7.80. The molecule has 2 rings (SSSR count). The number of carboxylic acid groups (broad SMARTS) is 2. The highest BCUT2D eigenvalue weighted by atomic mass is 32.1. The van der Waals surface area contributed by atoms with E-state index in [-0.39, 0.29) is 18.1 Å². The summed E-state index contributed by atoms with van der Waals surface area (Å²) < 4.78 is 0. The average molecular weight is 481 g/mol. The lowest BCUT2D eigenvalue weighted by Gasteiger charge is -2.24. The summed E-state index contributed by atoms with van der Waals surface area (Å²) in [6, 6.07) is 4.46. The Labute approximate surface area is 196 Å². The molecule has 1 saturated heterocycles. The quantitative estimate of drug-likeness (QED) is 0.185. The number of aliphatic carboxylic acids is 2. The summed E-state index contributed by atoms with van der Waals surface area (Å²) in [5, 5.41) is 28.5. The number of amides is 3. The zero-order valence-electron chi connectivity index (χ0n) is 17.8. The van der Waals surface area contributed by atoms with Gasteiger partial charge in [0.1, 0.15) is 18.1 Å². The van der Waals surface area contributed by atoms with Gasteiger partial charge in [-0.25, -0.2) is 4.79 Å². The fraction of sp³-hybridized carbons (Fsp3) is 0.476. The van der Waals surface area contributed by atoms with Crippen molar-refractivity contribution in [2.24, 2.45) is 0 Å². The molecular weight excluding hydrogens is 452 g/mol. The lowest BCUT2D eigenvalue weighted by molar-refractivity contribution is -0.143. The van der Waals surface area contributed by atoms with E-state index in [0.29, 0.717) is 13.0 Å². The van der Waals surface area contributed by atoms with Crippen molar-refractivity contribution in [3.05, 3.63) is 35.9 Å².